The molecule has 0 N–H and O–H groups in total. The number of hydrogen-bond acceptors (Lipinski definition) is 2. The van der Waals surface area contributed by atoms with Gasteiger partial charge in [-0.05, 0) is 12.6 Å². The van der Waals surface area contributed by atoms with Crippen molar-refractivity contribution in [3.05, 3.63) is 12.8 Å². The number of carbonyl (C=O) groups is 1. The molecule has 1 aliphatic heterocycles. The van der Waals surface area contributed by atoms with Crippen LogP contribution in [0, 0.1) is 5.41 Å². The molecule has 0 bridgehead atoms. The highest BCUT2D eigenvalue weighted by atomic mass is 16.5. The third kappa shape index (κ3) is 1.67. The molecule has 0 aromatic rings. The number of amides is 1. The van der Waals surface area contributed by atoms with Crippen molar-refractivity contribution in [3.63, 3.8) is 0 Å². The Balaban J connectivity index is 2.46. The number of nitrogens with zero attached hydrogens (tertiary/aromatic N) is 1. The Kier molecular flexibility index (Phi) is 2.87. The second-order valence-corrected chi connectivity index (χ2v) is 3.31. The third-order valence-corrected chi connectivity index (χ3v) is 2.45. The topological polar surface area (TPSA) is 29.5 Å². The fourth-order valence-electron chi connectivity index (χ4n) is 1.33. The van der Waals surface area contributed by atoms with Crippen molar-refractivity contribution < 1.29 is 9.53 Å². The van der Waals surface area contributed by atoms with Crippen LogP contribution in [-0.4, -0.2) is 31.1 Å². The van der Waals surface area contributed by atoms with E-state index in [2.05, 4.69) is 13.5 Å². The summed E-state index contributed by atoms with van der Waals surface area (Å²) in [6.45, 7) is 7.95. The van der Waals surface area contributed by atoms with Gasteiger partial charge >= 0.3 is 0 Å². The van der Waals surface area contributed by atoms with Crippen molar-refractivity contribution >= 4 is 6.41 Å². The summed E-state index contributed by atoms with van der Waals surface area (Å²) in [4.78, 5) is 12.1. The summed E-state index contributed by atoms with van der Waals surface area (Å²) in [6.07, 6.45) is 3.41. The van der Waals surface area contributed by atoms with E-state index in [0.717, 1.165) is 32.6 Å². The summed E-state index contributed by atoms with van der Waals surface area (Å²) in [7, 11) is 0. The maximum Gasteiger partial charge on any atom is 0.213 e. The van der Waals surface area contributed by atoms with Crippen LogP contribution in [0.2, 0.25) is 0 Å². The maximum atomic E-state index is 10.5. The molecular formula is C9H15NO2. The first-order valence-corrected chi connectivity index (χ1v) is 4.18. The van der Waals surface area contributed by atoms with Gasteiger partial charge in [-0.2, -0.15) is 0 Å². The van der Waals surface area contributed by atoms with E-state index >= 15 is 0 Å². The zero-order chi connectivity index (χ0) is 9.03. The Bertz CT molecular complexity index is 162. The summed E-state index contributed by atoms with van der Waals surface area (Å²) in [5.41, 5.74) is 0.190. The molecule has 0 spiro atoms. The predicted octanol–water partition coefficient (Wildman–Crippen LogP) is 1.01. The summed E-state index contributed by atoms with van der Waals surface area (Å²) in [5.74, 6) is 0. The molecule has 1 saturated heterocycles. The van der Waals surface area contributed by atoms with Crippen LogP contribution in [-0.2, 0) is 9.53 Å². The van der Waals surface area contributed by atoms with Crippen LogP contribution in [0.1, 0.15) is 13.3 Å². The van der Waals surface area contributed by atoms with Crippen molar-refractivity contribution in [1.29, 1.82) is 0 Å². The molecule has 1 aliphatic rings. The standard InChI is InChI=1S/C9H15NO2/c1-3-9(6-12-7-9)5-10(4-2)8-11/h4,8H,2-3,5-7H2,1H3. The first-order chi connectivity index (χ1) is 5.76. The number of hydrogen-bond donors (Lipinski definition) is 0. The minimum Gasteiger partial charge on any atom is -0.380 e. The maximum absolute atomic E-state index is 10.5. The summed E-state index contributed by atoms with van der Waals surface area (Å²) < 4.78 is 5.14. The molecule has 0 atom stereocenters. The monoisotopic (exact) mass is 169 g/mol. The van der Waals surface area contributed by atoms with Gasteiger partial charge in [0.1, 0.15) is 0 Å². The Morgan fingerprint density at radius 3 is 2.58 bits per heavy atom. The first kappa shape index (κ1) is 9.26. The first-order valence-electron chi connectivity index (χ1n) is 4.18. The molecule has 1 amide bonds. The van der Waals surface area contributed by atoms with Crippen LogP contribution in [0.25, 0.3) is 0 Å². The SMILES string of the molecule is C=CN(C=O)CC1(CC)COC1. The molecule has 0 aliphatic carbocycles. The van der Waals surface area contributed by atoms with Gasteiger partial charge in [0, 0.05) is 12.0 Å². The molecule has 0 radical (unpaired) electrons. The normalized spacial score (nSPS) is 19.4. The number of rotatable bonds is 5. The lowest BCUT2D eigenvalue weighted by atomic mass is 9.83. The predicted molar refractivity (Wildman–Crippen MR) is 46.5 cm³/mol. The molecule has 1 heterocycles. The third-order valence-electron chi connectivity index (χ3n) is 2.45. The molecule has 3 nitrogen and oxygen atoms in total. The molecule has 0 unspecified atom stereocenters. The van der Waals surface area contributed by atoms with Gasteiger partial charge in [-0.1, -0.05) is 13.5 Å². The molecule has 68 valence electrons. The molecule has 1 rings (SSSR count). The van der Waals surface area contributed by atoms with Crippen molar-refractivity contribution in [2.24, 2.45) is 5.41 Å². The van der Waals surface area contributed by atoms with Crippen molar-refractivity contribution in [1.82, 2.24) is 4.90 Å². The molecule has 3 heteroatoms. The van der Waals surface area contributed by atoms with Crippen LogP contribution in [0.15, 0.2) is 12.8 Å². The molecule has 0 saturated carbocycles. The average Bonchev–Trinajstić information content (AvgIpc) is 2.05. The highest BCUT2D eigenvalue weighted by Gasteiger charge is 2.37. The van der Waals surface area contributed by atoms with E-state index in [4.69, 9.17) is 4.74 Å². The van der Waals surface area contributed by atoms with Gasteiger partial charge in [-0.15, -0.1) is 0 Å². The Labute approximate surface area is 73.0 Å². The quantitative estimate of drug-likeness (QED) is 0.575. The van der Waals surface area contributed by atoms with Gasteiger partial charge < -0.3 is 9.64 Å². The van der Waals surface area contributed by atoms with Gasteiger partial charge in [-0.25, -0.2) is 0 Å². The zero-order valence-corrected chi connectivity index (χ0v) is 7.45. The van der Waals surface area contributed by atoms with E-state index in [1.807, 2.05) is 0 Å². The van der Waals surface area contributed by atoms with Crippen molar-refractivity contribution in [2.75, 3.05) is 19.8 Å². The fourth-order valence-corrected chi connectivity index (χ4v) is 1.33. The highest BCUT2D eigenvalue weighted by Crippen LogP contribution is 2.31. The van der Waals surface area contributed by atoms with Crippen LogP contribution >= 0.6 is 0 Å². The molecule has 0 aromatic heterocycles. The number of ether oxygens (including phenoxy) is 1. The zero-order valence-electron chi connectivity index (χ0n) is 7.45. The summed E-state index contributed by atoms with van der Waals surface area (Å²) in [5, 5.41) is 0. The van der Waals surface area contributed by atoms with Gasteiger partial charge in [0.2, 0.25) is 6.41 Å². The van der Waals surface area contributed by atoms with Crippen molar-refractivity contribution in [3.8, 4) is 0 Å². The minimum atomic E-state index is 0.190. The smallest absolute Gasteiger partial charge is 0.213 e. The summed E-state index contributed by atoms with van der Waals surface area (Å²) in [6, 6.07) is 0. The lowest BCUT2D eigenvalue weighted by molar-refractivity contribution is -0.135. The van der Waals surface area contributed by atoms with Gasteiger partial charge in [-0.3, -0.25) is 4.79 Å². The largest absolute Gasteiger partial charge is 0.380 e. The van der Waals surface area contributed by atoms with E-state index in [9.17, 15) is 4.79 Å². The van der Waals surface area contributed by atoms with Crippen molar-refractivity contribution in [2.45, 2.75) is 13.3 Å². The lowest BCUT2D eigenvalue weighted by Gasteiger charge is -2.42. The average molecular weight is 169 g/mol. The fraction of sp³-hybridized carbons (Fsp3) is 0.667. The molecule has 0 aromatic carbocycles. The van der Waals surface area contributed by atoms with E-state index in [1.165, 1.54) is 0 Å². The Morgan fingerprint density at radius 2 is 2.33 bits per heavy atom. The van der Waals surface area contributed by atoms with Crippen LogP contribution in [0.3, 0.4) is 0 Å². The van der Waals surface area contributed by atoms with Gasteiger partial charge in [0.05, 0.1) is 13.2 Å². The van der Waals surface area contributed by atoms with E-state index in [0.29, 0.717) is 0 Å². The molecule has 1 fully saturated rings. The van der Waals surface area contributed by atoms with E-state index < -0.39 is 0 Å². The second-order valence-electron chi connectivity index (χ2n) is 3.31. The highest BCUT2D eigenvalue weighted by molar-refractivity contribution is 5.48. The summed E-state index contributed by atoms with van der Waals surface area (Å²) >= 11 is 0. The molecule has 12 heavy (non-hydrogen) atoms. The Morgan fingerprint density at radius 1 is 1.67 bits per heavy atom. The van der Waals surface area contributed by atoms with E-state index in [1.54, 1.807) is 11.1 Å². The van der Waals surface area contributed by atoms with Crippen LogP contribution in [0.5, 0.6) is 0 Å². The molecular weight excluding hydrogens is 154 g/mol. The van der Waals surface area contributed by atoms with Crippen LogP contribution in [0.4, 0.5) is 0 Å². The van der Waals surface area contributed by atoms with Crippen LogP contribution < -0.4 is 0 Å². The van der Waals surface area contributed by atoms with E-state index in [-0.39, 0.29) is 5.41 Å². The lowest BCUT2D eigenvalue weighted by Crippen LogP contribution is -2.49. The number of carbonyl (C=O) groups excluding carboxylic acids is 1. The van der Waals surface area contributed by atoms with Gasteiger partial charge in [0.25, 0.3) is 0 Å². The minimum absolute atomic E-state index is 0.190. The Hall–Kier alpha value is -0.830. The second kappa shape index (κ2) is 3.72. The van der Waals surface area contributed by atoms with Gasteiger partial charge in [0.15, 0.2) is 0 Å².